The Morgan fingerprint density at radius 3 is 2.59 bits per heavy atom. The van der Waals surface area contributed by atoms with Crippen molar-refractivity contribution < 1.29 is 0 Å². The van der Waals surface area contributed by atoms with E-state index in [1.165, 1.54) is 41.3 Å². The normalized spacial score (nSPS) is 12.9. The molecule has 0 aromatic carbocycles. The molecule has 0 saturated heterocycles. The Hall–Kier alpha value is -0.410. The van der Waals surface area contributed by atoms with Gasteiger partial charge in [-0.05, 0) is 32.7 Å². The van der Waals surface area contributed by atoms with E-state index in [-0.39, 0.29) is 0 Å². The predicted octanol–water partition coefficient (Wildman–Crippen LogP) is 4.07. The molecular formula is C14H26N2S. The number of nitrogens with one attached hydrogen (secondary N) is 1. The van der Waals surface area contributed by atoms with Gasteiger partial charge in [0, 0.05) is 11.4 Å². The number of rotatable bonds is 8. The average Bonchev–Trinajstić information content (AvgIpc) is 2.63. The summed E-state index contributed by atoms with van der Waals surface area (Å²) in [6.45, 7) is 10.9. The second-order valence-electron chi connectivity index (χ2n) is 4.80. The summed E-state index contributed by atoms with van der Waals surface area (Å²) in [6.07, 6.45) is 5.30. The lowest BCUT2D eigenvalue weighted by atomic mass is 9.99. The van der Waals surface area contributed by atoms with Crippen LogP contribution in [0.3, 0.4) is 0 Å². The summed E-state index contributed by atoms with van der Waals surface area (Å²) < 4.78 is 0. The molecule has 0 fully saturated rings. The van der Waals surface area contributed by atoms with Crippen molar-refractivity contribution in [3.05, 3.63) is 15.6 Å². The third-order valence-electron chi connectivity index (χ3n) is 3.33. The Morgan fingerprint density at radius 2 is 2.06 bits per heavy atom. The summed E-state index contributed by atoms with van der Waals surface area (Å²) in [5.41, 5.74) is 1.19. The van der Waals surface area contributed by atoms with Gasteiger partial charge in [-0.15, -0.1) is 11.3 Å². The van der Waals surface area contributed by atoms with Crippen LogP contribution in [0.4, 0.5) is 0 Å². The van der Waals surface area contributed by atoms with Crippen molar-refractivity contribution in [2.45, 2.75) is 59.9 Å². The van der Waals surface area contributed by atoms with Crippen LogP contribution in [0.25, 0.3) is 0 Å². The van der Waals surface area contributed by atoms with Crippen LogP contribution >= 0.6 is 11.3 Å². The fourth-order valence-electron chi connectivity index (χ4n) is 1.94. The SMILES string of the molecule is CCCCC(CC)CNCc1nc(C)c(C)s1. The molecule has 1 atom stereocenters. The van der Waals surface area contributed by atoms with E-state index in [9.17, 15) is 0 Å². The van der Waals surface area contributed by atoms with Gasteiger partial charge in [-0.25, -0.2) is 4.98 Å². The number of hydrogen-bond donors (Lipinski definition) is 1. The second-order valence-corrected chi connectivity index (χ2v) is 6.08. The molecule has 98 valence electrons. The molecule has 0 spiro atoms. The van der Waals surface area contributed by atoms with Crippen LogP contribution in [-0.2, 0) is 6.54 Å². The molecule has 0 aliphatic heterocycles. The minimum absolute atomic E-state index is 0.831. The monoisotopic (exact) mass is 254 g/mol. The van der Waals surface area contributed by atoms with Crippen molar-refractivity contribution in [1.82, 2.24) is 10.3 Å². The Labute approximate surface area is 110 Å². The lowest BCUT2D eigenvalue weighted by molar-refractivity contribution is 0.419. The largest absolute Gasteiger partial charge is 0.310 e. The first-order chi connectivity index (χ1) is 8.17. The molecule has 0 bridgehead atoms. The maximum absolute atomic E-state index is 4.55. The standard InChI is InChI=1S/C14H26N2S/c1-5-7-8-13(6-2)9-15-10-14-16-11(3)12(4)17-14/h13,15H,5-10H2,1-4H3. The van der Waals surface area contributed by atoms with Gasteiger partial charge in [0.2, 0.25) is 0 Å². The maximum Gasteiger partial charge on any atom is 0.107 e. The van der Waals surface area contributed by atoms with Crippen molar-refractivity contribution in [3.8, 4) is 0 Å². The van der Waals surface area contributed by atoms with Gasteiger partial charge >= 0.3 is 0 Å². The van der Waals surface area contributed by atoms with E-state index < -0.39 is 0 Å². The van der Waals surface area contributed by atoms with E-state index in [1.807, 2.05) is 11.3 Å². The summed E-state index contributed by atoms with van der Waals surface area (Å²) in [5, 5.41) is 4.78. The summed E-state index contributed by atoms with van der Waals surface area (Å²) in [6, 6.07) is 0. The van der Waals surface area contributed by atoms with Crippen LogP contribution in [-0.4, -0.2) is 11.5 Å². The second kappa shape index (κ2) is 7.83. The van der Waals surface area contributed by atoms with Crippen molar-refractivity contribution in [2.75, 3.05) is 6.54 Å². The Morgan fingerprint density at radius 1 is 1.29 bits per heavy atom. The van der Waals surface area contributed by atoms with Gasteiger partial charge in [0.15, 0.2) is 0 Å². The number of aromatic nitrogens is 1. The predicted molar refractivity (Wildman–Crippen MR) is 76.6 cm³/mol. The van der Waals surface area contributed by atoms with Crippen LogP contribution < -0.4 is 5.32 Å². The van der Waals surface area contributed by atoms with Crippen molar-refractivity contribution in [1.29, 1.82) is 0 Å². The quantitative estimate of drug-likeness (QED) is 0.756. The van der Waals surface area contributed by atoms with Crippen LogP contribution in [0.5, 0.6) is 0 Å². The van der Waals surface area contributed by atoms with Crippen molar-refractivity contribution in [3.63, 3.8) is 0 Å². The van der Waals surface area contributed by atoms with Crippen LogP contribution in [0.2, 0.25) is 0 Å². The van der Waals surface area contributed by atoms with Gasteiger partial charge in [0.1, 0.15) is 5.01 Å². The first kappa shape index (κ1) is 14.7. The van der Waals surface area contributed by atoms with E-state index in [4.69, 9.17) is 0 Å². The molecule has 1 N–H and O–H groups in total. The van der Waals surface area contributed by atoms with Crippen LogP contribution in [0, 0.1) is 19.8 Å². The van der Waals surface area contributed by atoms with Gasteiger partial charge in [-0.3, -0.25) is 0 Å². The third kappa shape index (κ3) is 5.17. The zero-order valence-electron chi connectivity index (χ0n) is 11.7. The number of unbranched alkanes of at least 4 members (excludes halogenated alkanes) is 1. The topological polar surface area (TPSA) is 24.9 Å². The number of hydrogen-bond acceptors (Lipinski definition) is 3. The Kier molecular flexibility index (Phi) is 6.75. The van der Waals surface area contributed by atoms with Crippen LogP contribution in [0.15, 0.2) is 0 Å². The van der Waals surface area contributed by atoms with Crippen molar-refractivity contribution >= 4 is 11.3 Å². The molecule has 0 saturated carbocycles. The highest BCUT2D eigenvalue weighted by Crippen LogP contribution is 2.16. The van der Waals surface area contributed by atoms with E-state index in [1.54, 1.807) is 0 Å². The van der Waals surface area contributed by atoms with Gasteiger partial charge in [0.25, 0.3) is 0 Å². The van der Waals surface area contributed by atoms with Gasteiger partial charge < -0.3 is 5.32 Å². The molecular weight excluding hydrogens is 228 g/mol. The Balaban J connectivity index is 2.26. The molecule has 0 aliphatic carbocycles. The van der Waals surface area contributed by atoms with E-state index >= 15 is 0 Å². The molecule has 3 heteroatoms. The number of thiazole rings is 1. The lowest BCUT2D eigenvalue weighted by Crippen LogP contribution is -2.22. The molecule has 1 aromatic heterocycles. The number of aryl methyl sites for hydroxylation is 2. The fourth-order valence-corrected chi connectivity index (χ4v) is 2.84. The summed E-state index contributed by atoms with van der Waals surface area (Å²) >= 11 is 1.82. The van der Waals surface area contributed by atoms with Gasteiger partial charge in [-0.2, -0.15) is 0 Å². The molecule has 1 heterocycles. The minimum Gasteiger partial charge on any atom is -0.310 e. The molecule has 0 radical (unpaired) electrons. The van der Waals surface area contributed by atoms with E-state index in [2.05, 4.69) is 38.0 Å². The third-order valence-corrected chi connectivity index (χ3v) is 4.40. The number of nitrogens with zero attached hydrogens (tertiary/aromatic N) is 1. The Bertz CT molecular complexity index is 301. The molecule has 2 nitrogen and oxygen atoms in total. The summed E-state index contributed by atoms with van der Waals surface area (Å²) in [5.74, 6) is 0.831. The highest BCUT2D eigenvalue weighted by Gasteiger charge is 2.07. The molecule has 1 unspecified atom stereocenters. The van der Waals surface area contributed by atoms with E-state index in [0.29, 0.717) is 0 Å². The molecule has 17 heavy (non-hydrogen) atoms. The minimum atomic E-state index is 0.831. The van der Waals surface area contributed by atoms with Gasteiger partial charge in [0.05, 0.1) is 5.69 Å². The fraction of sp³-hybridized carbons (Fsp3) is 0.786. The highest BCUT2D eigenvalue weighted by atomic mass is 32.1. The smallest absolute Gasteiger partial charge is 0.107 e. The molecule has 0 aliphatic rings. The molecule has 0 amide bonds. The first-order valence-electron chi connectivity index (χ1n) is 6.81. The lowest BCUT2D eigenvalue weighted by Gasteiger charge is -2.14. The van der Waals surface area contributed by atoms with E-state index in [0.717, 1.165) is 19.0 Å². The summed E-state index contributed by atoms with van der Waals surface area (Å²) in [4.78, 5) is 5.90. The molecule has 1 aromatic rings. The zero-order valence-corrected chi connectivity index (χ0v) is 12.5. The zero-order chi connectivity index (χ0) is 12.7. The highest BCUT2D eigenvalue weighted by molar-refractivity contribution is 7.11. The van der Waals surface area contributed by atoms with Crippen LogP contribution in [0.1, 0.15) is 55.1 Å². The first-order valence-corrected chi connectivity index (χ1v) is 7.62. The molecule has 1 rings (SSSR count). The van der Waals surface area contributed by atoms with Gasteiger partial charge in [-0.1, -0.05) is 33.1 Å². The van der Waals surface area contributed by atoms with Crippen molar-refractivity contribution in [2.24, 2.45) is 5.92 Å². The average molecular weight is 254 g/mol. The summed E-state index contributed by atoms with van der Waals surface area (Å²) in [7, 11) is 0. The maximum atomic E-state index is 4.55.